The Labute approximate surface area is 118 Å². The number of carbonyl (C=O) groups excluding carboxylic acids is 1. The molecule has 8 heteroatoms. The van der Waals surface area contributed by atoms with E-state index in [9.17, 15) is 13.2 Å². The molecule has 112 valence electrons. The number of nitrogens with one attached hydrogen (secondary N) is 2. The lowest BCUT2D eigenvalue weighted by Gasteiger charge is -2.25. The first kappa shape index (κ1) is 15.0. The predicted molar refractivity (Wildman–Crippen MR) is 73.6 cm³/mol. The van der Waals surface area contributed by atoms with Crippen LogP contribution >= 0.6 is 0 Å². The van der Waals surface area contributed by atoms with Crippen molar-refractivity contribution in [2.45, 2.75) is 50.5 Å². The molecule has 4 N–H and O–H groups in total. The molecule has 2 rings (SSSR count). The van der Waals surface area contributed by atoms with Crippen molar-refractivity contribution in [1.82, 2.24) is 15.5 Å². The van der Waals surface area contributed by atoms with Gasteiger partial charge in [-0.15, -0.1) is 0 Å². The molecule has 1 amide bonds. The van der Waals surface area contributed by atoms with Crippen molar-refractivity contribution in [2.75, 3.05) is 0 Å². The fourth-order valence-electron chi connectivity index (χ4n) is 2.33. The summed E-state index contributed by atoms with van der Waals surface area (Å²) in [5.41, 5.74) is -0.183. The highest BCUT2D eigenvalue weighted by molar-refractivity contribution is 7.89. The number of hydrogen-bond acceptors (Lipinski definition) is 4. The Kier molecular flexibility index (Phi) is 3.64. The highest BCUT2D eigenvalue weighted by Crippen LogP contribution is 2.39. The molecule has 0 bridgehead atoms. The number of primary sulfonamides is 1. The van der Waals surface area contributed by atoms with Crippen molar-refractivity contribution in [1.29, 1.82) is 0 Å². The molecule has 0 unspecified atom stereocenters. The van der Waals surface area contributed by atoms with Crippen LogP contribution in [0, 0.1) is 5.92 Å². The second-order valence-corrected chi connectivity index (χ2v) is 7.23. The molecule has 0 radical (unpaired) electrons. The average molecular weight is 300 g/mol. The number of aromatic amines is 1. The van der Waals surface area contributed by atoms with Gasteiger partial charge < -0.3 is 5.32 Å². The maximum Gasteiger partial charge on any atom is 0.273 e. The van der Waals surface area contributed by atoms with Crippen LogP contribution < -0.4 is 10.5 Å². The summed E-state index contributed by atoms with van der Waals surface area (Å²) in [7, 11) is -3.99. The fourth-order valence-corrected chi connectivity index (χ4v) is 3.27. The van der Waals surface area contributed by atoms with Crippen LogP contribution in [0.3, 0.4) is 0 Å². The molecule has 1 aliphatic carbocycles. The lowest BCUT2D eigenvalue weighted by molar-refractivity contribution is 0.0894. The van der Waals surface area contributed by atoms with Crippen molar-refractivity contribution in [3.05, 3.63) is 11.4 Å². The van der Waals surface area contributed by atoms with Gasteiger partial charge in [0.1, 0.15) is 4.90 Å². The minimum Gasteiger partial charge on any atom is -0.345 e. The number of nitrogens with two attached hydrogens (primary N) is 1. The topological polar surface area (TPSA) is 118 Å². The van der Waals surface area contributed by atoms with E-state index in [1.807, 2.05) is 13.8 Å². The fraction of sp³-hybridized carbons (Fsp3) is 0.667. The molecule has 1 fully saturated rings. The van der Waals surface area contributed by atoms with E-state index < -0.39 is 15.9 Å². The van der Waals surface area contributed by atoms with Crippen LogP contribution in [0.15, 0.2) is 4.90 Å². The summed E-state index contributed by atoms with van der Waals surface area (Å²) >= 11 is 0. The molecule has 0 atom stereocenters. The third-order valence-electron chi connectivity index (χ3n) is 3.68. The van der Waals surface area contributed by atoms with Gasteiger partial charge in [0.05, 0.1) is 5.69 Å². The quantitative estimate of drug-likeness (QED) is 0.735. The Morgan fingerprint density at radius 1 is 1.50 bits per heavy atom. The number of hydrogen-bond donors (Lipinski definition) is 3. The van der Waals surface area contributed by atoms with E-state index in [4.69, 9.17) is 5.14 Å². The second-order valence-electron chi connectivity index (χ2n) is 5.73. The third-order valence-corrected chi connectivity index (χ3v) is 4.69. The zero-order chi connectivity index (χ0) is 15.1. The second kappa shape index (κ2) is 4.85. The first-order valence-electron chi connectivity index (χ1n) is 6.59. The summed E-state index contributed by atoms with van der Waals surface area (Å²) in [4.78, 5) is 12.1. The van der Waals surface area contributed by atoms with Crippen LogP contribution in [0.1, 0.15) is 49.8 Å². The number of rotatable bonds is 5. The van der Waals surface area contributed by atoms with Crippen LogP contribution in [0.25, 0.3) is 0 Å². The van der Waals surface area contributed by atoms with E-state index in [1.165, 1.54) is 0 Å². The number of amides is 1. The Morgan fingerprint density at radius 3 is 2.55 bits per heavy atom. The van der Waals surface area contributed by atoms with Gasteiger partial charge in [-0.05, 0) is 39.0 Å². The van der Waals surface area contributed by atoms with E-state index >= 15 is 0 Å². The summed E-state index contributed by atoms with van der Waals surface area (Å²) in [6.45, 7) is 5.61. The molecular formula is C12H20N4O3S. The summed E-state index contributed by atoms with van der Waals surface area (Å²) in [5, 5.41) is 14.4. The van der Waals surface area contributed by atoms with E-state index in [0.29, 0.717) is 18.0 Å². The highest BCUT2D eigenvalue weighted by Gasteiger charge is 2.40. The van der Waals surface area contributed by atoms with Crippen molar-refractivity contribution < 1.29 is 13.2 Å². The van der Waals surface area contributed by atoms with E-state index in [-0.39, 0.29) is 16.1 Å². The van der Waals surface area contributed by atoms with Gasteiger partial charge in [0.15, 0.2) is 5.69 Å². The Morgan fingerprint density at radius 2 is 2.10 bits per heavy atom. The monoisotopic (exact) mass is 300 g/mol. The number of H-pyrrole nitrogens is 1. The van der Waals surface area contributed by atoms with Gasteiger partial charge >= 0.3 is 0 Å². The van der Waals surface area contributed by atoms with Gasteiger partial charge in [-0.2, -0.15) is 5.10 Å². The van der Waals surface area contributed by atoms with E-state index in [2.05, 4.69) is 15.5 Å². The van der Waals surface area contributed by atoms with Crippen molar-refractivity contribution >= 4 is 15.9 Å². The molecule has 1 aliphatic rings. The van der Waals surface area contributed by atoms with Crippen LogP contribution in [0.5, 0.6) is 0 Å². The van der Waals surface area contributed by atoms with Gasteiger partial charge in [0.25, 0.3) is 5.91 Å². The van der Waals surface area contributed by atoms with Gasteiger partial charge in [-0.3, -0.25) is 9.89 Å². The smallest absolute Gasteiger partial charge is 0.273 e. The Bertz CT molecular complexity index is 629. The minimum absolute atomic E-state index is 0.155. The number of nitrogens with zero attached hydrogens (tertiary/aromatic N) is 1. The Balaban J connectivity index is 2.33. The molecule has 0 aromatic carbocycles. The highest BCUT2D eigenvalue weighted by atomic mass is 32.2. The number of aromatic nitrogens is 2. The largest absolute Gasteiger partial charge is 0.345 e. The lowest BCUT2D eigenvalue weighted by Crippen LogP contribution is -2.45. The summed E-state index contributed by atoms with van der Waals surface area (Å²) in [6.07, 6.45) is 2.53. The molecule has 1 aromatic heterocycles. The van der Waals surface area contributed by atoms with E-state index in [1.54, 1.807) is 6.92 Å². The molecule has 1 heterocycles. The molecule has 20 heavy (non-hydrogen) atoms. The normalized spacial score (nSPS) is 16.2. The van der Waals surface area contributed by atoms with Gasteiger partial charge in [0, 0.05) is 5.54 Å². The van der Waals surface area contributed by atoms with E-state index in [0.717, 1.165) is 12.8 Å². The van der Waals surface area contributed by atoms with Crippen LogP contribution in [-0.2, 0) is 16.4 Å². The molecule has 0 aliphatic heterocycles. The standard InChI is InChI=1S/C12H20N4O3S/c1-4-8-10(20(13,18)19)9(16-15-8)11(17)14-12(2,3)7-5-6-7/h7H,4-6H2,1-3H3,(H,14,17)(H,15,16)(H2,13,18,19). The first-order valence-corrected chi connectivity index (χ1v) is 8.14. The molecule has 7 nitrogen and oxygen atoms in total. The van der Waals surface area contributed by atoms with Gasteiger partial charge in [-0.25, -0.2) is 13.6 Å². The van der Waals surface area contributed by atoms with Crippen LogP contribution in [0.4, 0.5) is 0 Å². The maximum absolute atomic E-state index is 12.3. The zero-order valence-electron chi connectivity index (χ0n) is 11.9. The van der Waals surface area contributed by atoms with Crippen LogP contribution in [-0.4, -0.2) is 30.1 Å². The predicted octanol–water partition coefficient (Wildman–Crippen LogP) is 0.538. The summed E-state index contributed by atoms with van der Waals surface area (Å²) in [6, 6.07) is 0. The third kappa shape index (κ3) is 2.85. The molecule has 0 spiro atoms. The van der Waals surface area contributed by atoms with Crippen molar-refractivity contribution in [2.24, 2.45) is 11.1 Å². The SMILES string of the molecule is CCc1[nH]nc(C(=O)NC(C)(C)C2CC2)c1S(N)(=O)=O. The van der Waals surface area contributed by atoms with Crippen molar-refractivity contribution in [3.63, 3.8) is 0 Å². The zero-order valence-corrected chi connectivity index (χ0v) is 12.7. The number of sulfonamides is 1. The summed E-state index contributed by atoms with van der Waals surface area (Å²) in [5.74, 6) is -0.0872. The number of carbonyl (C=O) groups is 1. The minimum atomic E-state index is -3.99. The van der Waals surface area contributed by atoms with Crippen molar-refractivity contribution in [3.8, 4) is 0 Å². The number of aryl methyl sites for hydroxylation is 1. The average Bonchev–Trinajstić information content (AvgIpc) is 3.06. The maximum atomic E-state index is 12.3. The molecule has 1 aromatic rings. The van der Waals surface area contributed by atoms with Gasteiger partial charge in [0.2, 0.25) is 10.0 Å². The summed E-state index contributed by atoms with van der Waals surface area (Å²) < 4.78 is 23.3. The lowest BCUT2D eigenvalue weighted by atomic mass is 9.98. The van der Waals surface area contributed by atoms with Crippen LogP contribution in [0.2, 0.25) is 0 Å². The molecule has 1 saturated carbocycles. The first-order chi connectivity index (χ1) is 9.16. The molecular weight excluding hydrogens is 280 g/mol. The molecule has 0 saturated heterocycles. The van der Waals surface area contributed by atoms with Gasteiger partial charge in [-0.1, -0.05) is 6.92 Å². The Hall–Kier alpha value is -1.41.